The Morgan fingerprint density at radius 3 is 2.89 bits per heavy atom. The number of carbonyl (C=O) groups excluding carboxylic acids is 1. The number of carbonyl (C=O) groups is 1. The number of halogens is 1. The predicted molar refractivity (Wildman–Crippen MR) is 80.4 cm³/mol. The Hall–Kier alpha value is -1.14. The van der Waals surface area contributed by atoms with Crippen molar-refractivity contribution in [2.75, 3.05) is 7.05 Å². The molecule has 0 aromatic carbocycles. The van der Waals surface area contributed by atoms with Crippen LogP contribution in [0.5, 0.6) is 0 Å². The van der Waals surface area contributed by atoms with Gasteiger partial charge in [0.25, 0.3) is 5.91 Å². The van der Waals surface area contributed by atoms with E-state index in [1.165, 1.54) is 0 Å². The largest absolute Gasteiger partial charge is 0.337 e. The second-order valence-corrected chi connectivity index (χ2v) is 6.73. The Morgan fingerprint density at radius 1 is 1.58 bits per heavy atom. The average molecular weight is 342 g/mol. The first-order valence-electron chi connectivity index (χ1n) is 6.02. The van der Waals surface area contributed by atoms with Crippen LogP contribution < -0.4 is 0 Å². The topological polar surface area (TPSA) is 38.1 Å². The van der Waals surface area contributed by atoms with Gasteiger partial charge in [-0.15, -0.1) is 11.3 Å². The summed E-state index contributed by atoms with van der Waals surface area (Å²) in [7, 11) is 3.66. The smallest absolute Gasteiger partial charge is 0.257 e. The third-order valence-corrected chi connectivity index (χ3v) is 4.41. The number of rotatable bonds is 4. The summed E-state index contributed by atoms with van der Waals surface area (Å²) in [5, 5.41) is 6.36. The quantitative estimate of drug-likeness (QED) is 0.856. The maximum atomic E-state index is 12.4. The van der Waals surface area contributed by atoms with E-state index in [-0.39, 0.29) is 5.91 Å². The summed E-state index contributed by atoms with van der Waals surface area (Å²) >= 11 is 5.06. The van der Waals surface area contributed by atoms with Gasteiger partial charge in [0.2, 0.25) is 0 Å². The van der Waals surface area contributed by atoms with E-state index >= 15 is 0 Å². The summed E-state index contributed by atoms with van der Waals surface area (Å²) in [6, 6.07) is 2.04. The van der Waals surface area contributed by atoms with E-state index in [4.69, 9.17) is 0 Å². The molecule has 0 saturated heterocycles. The highest BCUT2D eigenvalue weighted by Crippen LogP contribution is 2.22. The first-order valence-corrected chi connectivity index (χ1v) is 7.69. The molecule has 19 heavy (non-hydrogen) atoms. The molecular weight excluding hydrogens is 326 g/mol. The van der Waals surface area contributed by atoms with Crippen molar-refractivity contribution >= 4 is 33.2 Å². The van der Waals surface area contributed by atoms with E-state index in [1.807, 2.05) is 27.1 Å². The van der Waals surface area contributed by atoms with Crippen LogP contribution in [0.3, 0.4) is 0 Å². The number of hydrogen-bond acceptors (Lipinski definition) is 3. The van der Waals surface area contributed by atoms with Gasteiger partial charge in [0.05, 0.1) is 15.0 Å². The number of thiophene rings is 1. The first kappa shape index (κ1) is 14.3. The van der Waals surface area contributed by atoms with Crippen LogP contribution in [-0.4, -0.2) is 27.6 Å². The van der Waals surface area contributed by atoms with Crippen LogP contribution in [0.4, 0.5) is 0 Å². The van der Waals surface area contributed by atoms with E-state index in [2.05, 4.69) is 26.4 Å². The van der Waals surface area contributed by atoms with Gasteiger partial charge in [0.15, 0.2) is 0 Å². The Kier molecular flexibility index (Phi) is 4.42. The summed E-state index contributed by atoms with van der Waals surface area (Å²) in [4.78, 5) is 14.1. The van der Waals surface area contributed by atoms with Gasteiger partial charge in [0, 0.05) is 26.8 Å². The minimum Gasteiger partial charge on any atom is -0.337 e. The third-order valence-electron chi connectivity index (χ3n) is 2.86. The van der Waals surface area contributed by atoms with E-state index in [1.54, 1.807) is 27.1 Å². The molecule has 2 aromatic heterocycles. The fourth-order valence-electron chi connectivity index (χ4n) is 1.95. The van der Waals surface area contributed by atoms with Gasteiger partial charge >= 0.3 is 0 Å². The predicted octanol–water partition coefficient (Wildman–Crippen LogP) is 3.08. The molecule has 0 atom stereocenters. The molecule has 0 N–H and O–H groups in total. The molecule has 2 heterocycles. The standard InChI is InChI=1S/C13H16BrN3OS/c1-4-11-10(7-17(3)15-11)13(18)16(2)6-9-5-12(14)19-8-9/h5,7-8H,4,6H2,1-3H3. The number of nitrogens with zero attached hydrogens (tertiary/aromatic N) is 3. The number of aryl methyl sites for hydroxylation is 2. The molecule has 0 bridgehead atoms. The lowest BCUT2D eigenvalue weighted by atomic mass is 10.2. The van der Waals surface area contributed by atoms with Crippen LogP contribution in [0.1, 0.15) is 28.5 Å². The Bertz CT molecular complexity index is 590. The van der Waals surface area contributed by atoms with Crippen molar-refractivity contribution in [3.63, 3.8) is 0 Å². The van der Waals surface area contributed by atoms with E-state index in [0.717, 1.165) is 21.5 Å². The van der Waals surface area contributed by atoms with Crippen LogP contribution >= 0.6 is 27.3 Å². The van der Waals surface area contributed by atoms with Crippen molar-refractivity contribution in [1.82, 2.24) is 14.7 Å². The Balaban J connectivity index is 2.14. The van der Waals surface area contributed by atoms with E-state index < -0.39 is 0 Å². The number of aromatic nitrogens is 2. The zero-order valence-electron chi connectivity index (χ0n) is 11.2. The molecule has 0 aliphatic heterocycles. The van der Waals surface area contributed by atoms with Crippen LogP contribution in [0.25, 0.3) is 0 Å². The van der Waals surface area contributed by atoms with Crippen LogP contribution in [0.15, 0.2) is 21.4 Å². The summed E-state index contributed by atoms with van der Waals surface area (Å²) in [5.41, 5.74) is 2.68. The normalized spacial score (nSPS) is 10.7. The summed E-state index contributed by atoms with van der Waals surface area (Å²) < 4.78 is 2.78. The van der Waals surface area contributed by atoms with Gasteiger partial charge in [-0.1, -0.05) is 6.92 Å². The van der Waals surface area contributed by atoms with E-state index in [9.17, 15) is 4.79 Å². The number of amides is 1. The van der Waals surface area contributed by atoms with Crippen molar-refractivity contribution in [3.05, 3.63) is 38.3 Å². The molecule has 0 spiro atoms. The Morgan fingerprint density at radius 2 is 2.32 bits per heavy atom. The molecule has 0 unspecified atom stereocenters. The van der Waals surface area contributed by atoms with Crippen molar-refractivity contribution in [2.45, 2.75) is 19.9 Å². The van der Waals surface area contributed by atoms with Gasteiger partial charge in [0.1, 0.15) is 0 Å². The summed E-state index contributed by atoms with van der Waals surface area (Å²) in [6.45, 7) is 2.62. The lowest BCUT2D eigenvalue weighted by Gasteiger charge is -2.16. The first-order chi connectivity index (χ1) is 9.01. The highest BCUT2D eigenvalue weighted by molar-refractivity contribution is 9.11. The minimum atomic E-state index is 0.0206. The molecule has 102 valence electrons. The molecule has 1 amide bonds. The SMILES string of the molecule is CCc1nn(C)cc1C(=O)N(C)Cc1csc(Br)c1. The Labute approximate surface area is 125 Å². The maximum absolute atomic E-state index is 12.4. The van der Waals surface area contributed by atoms with Crippen molar-refractivity contribution in [3.8, 4) is 0 Å². The van der Waals surface area contributed by atoms with Gasteiger partial charge in [-0.25, -0.2) is 0 Å². The van der Waals surface area contributed by atoms with Crippen molar-refractivity contribution < 1.29 is 4.79 Å². The highest BCUT2D eigenvalue weighted by atomic mass is 79.9. The highest BCUT2D eigenvalue weighted by Gasteiger charge is 2.18. The molecule has 0 fully saturated rings. The minimum absolute atomic E-state index is 0.0206. The van der Waals surface area contributed by atoms with Crippen molar-refractivity contribution in [1.29, 1.82) is 0 Å². The summed E-state index contributed by atoms with van der Waals surface area (Å²) in [6.07, 6.45) is 2.56. The molecule has 2 aromatic rings. The van der Waals surface area contributed by atoms with E-state index in [0.29, 0.717) is 12.1 Å². The molecule has 0 saturated carbocycles. The zero-order valence-corrected chi connectivity index (χ0v) is 13.6. The summed E-state index contributed by atoms with van der Waals surface area (Å²) in [5.74, 6) is 0.0206. The second-order valence-electron chi connectivity index (χ2n) is 4.44. The molecule has 0 radical (unpaired) electrons. The van der Waals surface area contributed by atoms with Crippen LogP contribution in [0, 0.1) is 0 Å². The van der Waals surface area contributed by atoms with Gasteiger partial charge in [-0.3, -0.25) is 9.48 Å². The van der Waals surface area contributed by atoms with Crippen LogP contribution in [-0.2, 0) is 20.0 Å². The molecule has 2 rings (SSSR count). The van der Waals surface area contributed by atoms with Gasteiger partial charge in [-0.05, 0) is 39.4 Å². The molecule has 6 heteroatoms. The second kappa shape index (κ2) is 5.88. The van der Waals surface area contributed by atoms with Gasteiger partial charge in [-0.2, -0.15) is 5.10 Å². The van der Waals surface area contributed by atoms with Crippen LogP contribution in [0.2, 0.25) is 0 Å². The number of hydrogen-bond donors (Lipinski definition) is 0. The average Bonchev–Trinajstić information content (AvgIpc) is 2.94. The molecular formula is C13H16BrN3OS. The van der Waals surface area contributed by atoms with Crippen molar-refractivity contribution in [2.24, 2.45) is 7.05 Å². The molecule has 4 nitrogen and oxygen atoms in total. The fraction of sp³-hybridized carbons (Fsp3) is 0.385. The monoisotopic (exact) mass is 341 g/mol. The fourth-order valence-corrected chi connectivity index (χ4v) is 3.15. The lowest BCUT2D eigenvalue weighted by Crippen LogP contribution is -2.26. The third kappa shape index (κ3) is 3.25. The molecule has 0 aliphatic carbocycles. The molecule has 0 aliphatic rings. The zero-order chi connectivity index (χ0) is 14.0. The van der Waals surface area contributed by atoms with Gasteiger partial charge < -0.3 is 4.90 Å². The lowest BCUT2D eigenvalue weighted by molar-refractivity contribution is 0.0784. The maximum Gasteiger partial charge on any atom is 0.257 e.